The largest absolute Gasteiger partial charge is 0.378 e. The maximum atomic E-state index is 12.3. The van der Waals surface area contributed by atoms with E-state index in [1.54, 1.807) is 14.0 Å². The van der Waals surface area contributed by atoms with E-state index in [-0.39, 0.29) is 23.8 Å². The molecule has 5 nitrogen and oxygen atoms in total. The number of ether oxygens (including phenoxy) is 1. The molecule has 0 aliphatic carbocycles. The first-order valence-electron chi connectivity index (χ1n) is 8.20. The van der Waals surface area contributed by atoms with Crippen LogP contribution in [0.2, 0.25) is 0 Å². The smallest absolute Gasteiger partial charge is 0.251 e. The number of ketones is 1. The van der Waals surface area contributed by atoms with Crippen LogP contribution in [0.1, 0.15) is 36.5 Å². The van der Waals surface area contributed by atoms with Crippen LogP contribution >= 0.6 is 0 Å². The molecule has 0 radical (unpaired) electrons. The second-order valence-corrected chi connectivity index (χ2v) is 6.11. The number of rotatable bonds is 7. The summed E-state index contributed by atoms with van der Waals surface area (Å²) in [6.07, 6.45) is 2.35. The lowest BCUT2D eigenvalue weighted by Gasteiger charge is -2.38. The van der Waals surface area contributed by atoms with Crippen LogP contribution in [0.4, 0.5) is 0 Å². The number of benzene rings is 1. The van der Waals surface area contributed by atoms with Crippen molar-refractivity contribution in [2.45, 2.75) is 38.3 Å². The Kier molecular flexibility index (Phi) is 6.74. The van der Waals surface area contributed by atoms with Crippen LogP contribution in [0.5, 0.6) is 0 Å². The number of amides is 1. The van der Waals surface area contributed by atoms with Crippen LogP contribution in [0.15, 0.2) is 30.3 Å². The number of piperidine rings is 1. The Morgan fingerprint density at radius 3 is 2.70 bits per heavy atom. The zero-order valence-corrected chi connectivity index (χ0v) is 14.0. The Morgan fingerprint density at radius 1 is 1.30 bits per heavy atom. The number of Topliss-reactive ketones (excluding diaryl/α,β-unsaturated/α-hetero) is 1. The minimum atomic E-state index is -0.0531. The van der Waals surface area contributed by atoms with E-state index in [1.807, 2.05) is 30.3 Å². The van der Waals surface area contributed by atoms with E-state index in [2.05, 4.69) is 10.2 Å². The van der Waals surface area contributed by atoms with Gasteiger partial charge in [0.05, 0.1) is 12.1 Å². The molecular weight excluding hydrogens is 292 g/mol. The average Bonchev–Trinajstić information content (AvgIpc) is 2.56. The monoisotopic (exact) mass is 318 g/mol. The number of carbonyl (C=O) groups is 2. The van der Waals surface area contributed by atoms with Gasteiger partial charge in [0.25, 0.3) is 5.91 Å². The lowest BCUT2D eigenvalue weighted by atomic mass is 10.0. The first-order valence-corrected chi connectivity index (χ1v) is 8.20. The summed E-state index contributed by atoms with van der Waals surface area (Å²) in [5.41, 5.74) is 0.672. The van der Waals surface area contributed by atoms with Gasteiger partial charge in [0.2, 0.25) is 0 Å². The summed E-state index contributed by atoms with van der Waals surface area (Å²) in [5, 5.41) is 3.09. The Bertz CT molecular complexity index is 518. The van der Waals surface area contributed by atoms with Crippen molar-refractivity contribution in [2.24, 2.45) is 0 Å². The van der Waals surface area contributed by atoms with Crippen molar-refractivity contribution in [3.63, 3.8) is 0 Å². The normalized spacial score (nSPS) is 21.8. The van der Waals surface area contributed by atoms with Crippen molar-refractivity contribution < 1.29 is 14.3 Å². The molecule has 1 aliphatic rings. The summed E-state index contributed by atoms with van der Waals surface area (Å²) in [6.45, 7) is 4.23. The van der Waals surface area contributed by atoms with E-state index >= 15 is 0 Å². The van der Waals surface area contributed by atoms with Crippen LogP contribution in [-0.4, -0.2) is 55.5 Å². The maximum absolute atomic E-state index is 12.3. The minimum Gasteiger partial charge on any atom is -0.378 e. The fourth-order valence-electron chi connectivity index (χ4n) is 2.98. The molecule has 1 N–H and O–H groups in total. The first-order chi connectivity index (χ1) is 11.1. The number of hydrogen-bond acceptors (Lipinski definition) is 4. The molecule has 2 atom stereocenters. The molecule has 1 amide bonds. The van der Waals surface area contributed by atoms with Gasteiger partial charge in [-0.25, -0.2) is 0 Å². The predicted molar refractivity (Wildman–Crippen MR) is 89.5 cm³/mol. The molecular formula is C18H26N2O3. The molecule has 0 spiro atoms. The zero-order valence-electron chi connectivity index (χ0n) is 14.0. The van der Waals surface area contributed by atoms with Crippen LogP contribution in [0.25, 0.3) is 0 Å². The van der Waals surface area contributed by atoms with Gasteiger partial charge in [-0.2, -0.15) is 0 Å². The van der Waals surface area contributed by atoms with E-state index in [1.165, 1.54) is 0 Å². The standard InChI is InChI=1S/C18H26N2O3/c1-14(21)7-6-11-20-12-10-16(17(13-20)23-2)19-18(22)15-8-4-3-5-9-15/h3-5,8-9,16-17H,6-7,10-13H2,1-2H3,(H,19,22). The topological polar surface area (TPSA) is 58.6 Å². The van der Waals surface area contributed by atoms with Crippen LogP contribution in [0.3, 0.4) is 0 Å². The summed E-state index contributed by atoms with van der Waals surface area (Å²) in [6, 6.07) is 9.27. The maximum Gasteiger partial charge on any atom is 0.251 e. The third-order valence-corrected chi connectivity index (χ3v) is 4.30. The molecule has 5 heteroatoms. The van der Waals surface area contributed by atoms with Crippen molar-refractivity contribution in [3.8, 4) is 0 Å². The SMILES string of the molecule is COC1CN(CCCC(C)=O)CCC1NC(=O)c1ccccc1. The van der Waals surface area contributed by atoms with Gasteiger partial charge in [-0.05, 0) is 38.4 Å². The Labute approximate surface area is 138 Å². The van der Waals surface area contributed by atoms with Gasteiger partial charge < -0.3 is 19.7 Å². The first kappa shape index (κ1) is 17.6. The Balaban J connectivity index is 1.84. The number of methoxy groups -OCH3 is 1. The van der Waals surface area contributed by atoms with Crippen molar-refractivity contribution >= 4 is 11.7 Å². The molecule has 1 aromatic carbocycles. The Morgan fingerprint density at radius 2 is 2.04 bits per heavy atom. The third kappa shape index (κ3) is 5.44. The molecule has 0 aromatic heterocycles. The van der Waals surface area contributed by atoms with E-state index in [4.69, 9.17) is 4.74 Å². The molecule has 1 aromatic rings. The van der Waals surface area contributed by atoms with E-state index < -0.39 is 0 Å². The molecule has 1 fully saturated rings. The minimum absolute atomic E-state index is 0.0197. The molecule has 23 heavy (non-hydrogen) atoms. The fraction of sp³-hybridized carbons (Fsp3) is 0.556. The van der Waals surface area contributed by atoms with Crippen molar-refractivity contribution in [2.75, 3.05) is 26.7 Å². The lowest BCUT2D eigenvalue weighted by Crippen LogP contribution is -2.54. The third-order valence-electron chi connectivity index (χ3n) is 4.30. The molecule has 1 aliphatic heterocycles. The number of hydrogen-bond donors (Lipinski definition) is 1. The second kappa shape index (κ2) is 8.79. The van der Waals surface area contributed by atoms with Crippen LogP contribution < -0.4 is 5.32 Å². The van der Waals surface area contributed by atoms with E-state index in [9.17, 15) is 9.59 Å². The highest BCUT2D eigenvalue weighted by Crippen LogP contribution is 2.15. The van der Waals surface area contributed by atoms with Gasteiger partial charge in [-0.15, -0.1) is 0 Å². The molecule has 1 saturated heterocycles. The molecule has 2 rings (SSSR count). The summed E-state index contributed by atoms with van der Waals surface area (Å²) >= 11 is 0. The Hall–Kier alpha value is -1.72. The van der Waals surface area contributed by atoms with Crippen molar-refractivity contribution in [1.29, 1.82) is 0 Å². The second-order valence-electron chi connectivity index (χ2n) is 6.11. The van der Waals surface area contributed by atoms with Crippen molar-refractivity contribution in [1.82, 2.24) is 10.2 Å². The fourth-order valence-corrected chi connectivity index (χ4v) is 2.98. The summed E-state index contributed by atoms with van der Waals surface area (Å²) in [4.78, 5) is 25.6. The molecule has 0 bridgehead atoms. The highest BCUT2D eigenvalue weighted by molar-refractivity contribution is 5.94. The van der Waals surface area contributed by atoms with Gasteiger partial charge in [0.15, 0.2) is 0 Å². The number of carbonyl (C=O) groups excluding carboxylic acids is 2. The van der Waals surface area contributed by atoms with Crippen molar-refractivity contribution in [3.05, 3.63) is 35.9 Å². The quantitative estimate of drug-likeness (QED) is 0.834. The van der Waals surface area contributed by atoms with Gasteiger partial charge in [-0.1, -0.05) is 18.2 Å². The van der Waals surface area contributed by atoms with Crippen LogP contribution in [-0.2, 0) is 9.53 Å². The van der Waals surface area contributed by atoms with Crippen LogP contribution in [0, 0.1) is 0 Å². The molecule has 2 unspecified atom stereocenters. The predicted octanol–water partition coefficient (Wildman–Crippen LogP) is 1.87. The molecule has 126 valence electrons. The average molecular weight is 318 g/mol. The van der Waals surface area contributed by atoms with Gasteiger partial charge in [0.1, 0.15) is 5.78 Å². The van der Waals surface area contributed by atoms with E-state index in [0.717, 1.165) is 32.5 Å². The highest BCUT2D eigenvalue weighted by atomic mass is 16.5. The number of nitrogens with one attached hydrogen (secondary N) is 1. The van der Waals surface area contributed by atoms with E-state index in [0.29, 0.717) is 12.0 Å². The molecule has 0 saturated carbocycles. The number of likely N-dealkylation sites (tertiary alicyclic amines) is 1. The summed E-state index contributed by atoms with van der Waals surface area (Å²) in [5.74, 6) is 0.181. The summed E-state index contributed by atoms with van der Waals surface area (Å²) < 4.78 is 5.57. The number of nitrogens with zero attached hydrogens (tertiary/aromatic N) is 1. The van der Waals surface area contributed by atoms with Gasteiger partial charge >= 0.3 is 0 Å². The van der Waals surface area contributed by atoms with Gasteiger partial charge in [-0.3, -0.25) is 4.79 Å². The van der Waals surface area contributed by atoms with Gasteiger partial charge in [0, 0.05) is 32.2 Å². The molecule has 1 heterocycles. The zero-order chi connectivity index (χ0) is 16.7. The summed E-state index contributed by atoms with van der Waals surface area (Å²) in [7, 11) is 1.69. The highest BCUT2D eigenvalue weighted by Gasteiger charge is 2.30. The lowest BCUT2D eigenvalue weighted by molar-refractivity contribution is -0.117.